The van der Waals surface area contributed by atoms with Gasteiger partial charge in [0.05, 0.1) is 7.11 Å². The Morgan fingerprint density at radius 2 is 1.06 bits per heavy atom. The first-order chi connectivity index (χ1) is 21.3. The molecule has 3 rings (SSSR count). The molecule has 3 N–H and O–H groups in total. The molecule has 2 fully saturated rings. The number of nitrogens with one attached hydrogen (secondary N) is 2. The van der Waals surface area contributed by atoms with E-state index in [-0.39, 0.29) is 62.9 Å². The second kappa shape index (κ2) is 14.3. The zero-order valence-corrected chi connectivity index (χ0v) is 31.9. The predicted octanol–water partition coefficient (Wildman–Crippen LogP) is 8.00. The maximum atomic E-state index is 12.8. The Morgan fingerprint density at radius 1 is 0.702 bits per heavy atom. The minimum absolute atomic E-state index is 0.0816. The molecule has 0 amide bonds. The van der Waals surface area contributed by atoms with E-state index in [4.69, 9.17) is 14.2 Å². The molecule has 0 saturated carbocycles. The summed E-state index contributed by atoms with van der Waals surface area (Å²) in [5.41, 5.74) is 0.639. The number of esters is 2. The van der Waals surface area contributed by atoms with Crippen LogP contribution in [0.1, 0.15) is 158 Å². The molecule has 2 saturated heterocycles. The van der Waals surface area contributed by atoms with Gasteiger partial charge in [0.2, 0.25) is 0 Å². The number of rotatable bonds is 13. The van der Waals surface area contributed by atoms with Gasteiger partial charge in [-0.1, -0.05) is 27.7 Å². The Morgan fingerprint density at radius 3 is 1.43 bits per heavy atom. The van der Waals surface area contributed by atoms with Gasteiger partial charge in [0.1, 0.15) is 23.7 Å². The lowest BCUT2D eigenvalue weighted by Crippen LogP contribution is -2.59. The van der Waals surface area contributed by atoms with Crippen molar-refractivity contribution < 1.29 is 28.9 Å². The van der Waals surface area contributed by atoms with E-state index in [9.17, 15) is 14.7 Å². The van der Waals surface area contributed by atoms with Crippen LogP contribution in [0.2, 0.25) is 0 Å². The van der Waals surface area contributed by atoms with Gasteiger partial charge < -0.3 is 30.0 Å². The summed E-state index contributed by atoms with van der Waals surface area (Å²) in [6.45, 7) is 25.6. The van der Waals surface area contributed by atoms with Crippen LogP contribution in [0.3, 0.4) is 0 Å². The van der Waals surface area contributed by atoms with Gasteiger partial charge in [0.15, 0.2) is 0 Å². The minimum atomic E-state index is -0.388. The van der Waals surface area contributed by atoms with Crippen molar-refractivity contribution in [3.05, 3.63) is 23.3 Å². The number of ether oxygens (including phenoxy) is 3. The molecule has 8 nitrogen and oxygen atoms in total. The summed E-state index contributed by atoms with van der Waals surface area (Å²) in [6, 6.07) is 3.76. The molecule has 0 atom stereocenters. The molecule has 1 aromatic rings. The summed E-state index contributed by atoms with van der Waals surface area (Å²) < 4.78 is 17.7. The first-order valence-corrected chi connectivity index (χ1v) is 17.7. The van der Waals surface area contributed by atoms with Crippen LogP contribution < -0.4 is 15.4 Å². The van der Waals surface area contributed by atoms with Gasteiger partial charge >= 0.3 is 11.9 Å². The fraction of sp³-hybridized carbons (Fsp3) is 0.795. The highest BCUT2D eigenvalue weighted by Crippen LogP contribution is 2.44. The van der Waals surface area contributed by atoms with Crippen molar-refractivity contribution in [1.29, 1.82) is 0 Å². The Labute approximate surface area is 285 Å². The summed E-state index contributed by atoms with van der Waals surface area (Å²) in [6.07, 6.45) is 6.46. The molecule has 2 heterocycles. The zero-order valence-electron chi connectivity index (χ0n) is 31.9. The molecular weight excluding hydrogens is 592 g/mol. The average molecular weight is 659 g/mol. The summed E-state index contributed by atoms with van der Waals surface area (Å²) >= 11 is 0. The Balaban J connectivity index is 1.57. The van der Waals surface area contributed by atoms with Crippen LogP contribution in [0.5, 0.6) is 11.5 Å². The van der Waals surface area contributed by atoms with E-state index in [2.05, 4.69) is 93.7 Å². The number of methoxy groups -OCH3 is 1. The predicted molar refractivity (Wildman–Crippen MR) is 189 cm³/mol. The van der Waals surface area contributed by atoms with E-state index in [0.29, 0.717) is 37.9 Å². The molecular formula is C39H66N2O6. The smallest absolute Gasteiger partial charge is 0.306 e. The summed E-state index contributed by atoms with van der Waals surface area (Å²) in [4.78, 5) is 25.6. The minimum Gasteiger partial charge on any atom is -0.508 e. The number of carbonyl (C=O) groups is 2. The first-order valence-electron chi connectivity index (χ1n) is 17.7. The number of phenolic OH excluding ortho intramolecular Hbond substituents is 1. The number of piperidine rings is 2. The zero-order chi connectivity index (χ0) is 35.6. The molecule has 2 aliphatic heterocycles. The van der Waals surface area contributed by atoms with Crippen molar-refractivity contribution in [3.63, 3.8) is 0 Å². The van der Waals surface area contributed by atoms with Crippen LogP contribution >= 0.6 is 0 Å². The number of phenols is 1. The first kappa shape index (κ1) is 39.1. The third-order valence-electron chi connectivity index (χ3n) is 10.0. The molecule has 0 bridgehead atoms. The Hall–Kier alpha value is -2.32. The largest absolute Gasteiger partial charge is 0.508 e. The van der Waals surface area contributed by atoms with Gasteiger partial charge in [-0.15, -0.1) is 0 Å². The van der Waals surface area contributed by atoms with Crippen LogP contribution in [0, 0.1) is 0 Å². The standard InChI is InChI=1S/C39H66N2O6/c1-34(2,18-14-16-32(43)46-26-22-36(5,6)40-37(7,8)23-26)28-21-31(45-13)29(20-30(28)42)35(3,4)19-15-17-33(44)47-27-24-38(9,10)41-39(11,12)25-27/h20-21,26-27,40-42H,14-19,22-25H2,1-13H3. The van der Waals surface area contributed by atoms with Crippen molar-refractivity contribution in [2.45, 2.75) is 192 Å². The molecule has 0 aromatic heterocycles. The van der Waals surface area contributed by atoms with Gasteiger partial charge in [-0.05, 0) is 104 Å². The molecule has 47 heavy (non-hydrogen) atoms. The second-order valence-corrected chi connectivity index (χ2v) is 18.4. The van der Waals surface area contributed by atoms with Gasteiger partial charge in [0, 0.05) is 71.8 Å². The van der Waals surface area contributed by atoms with Crippen LogP contribution in [-0.4, -0.2) is 58.5 Å². The van der Waals surface area contributed by atoms with Crippen molar-refractivity contribution in [3.8, 4) is 11.5 Å². The maximum absolute atomic E-state index is 12.8. The molecule has 0 radical (unpaired) electrons. The molecule has 0 unspecified atom stereocenters. The fourth-order valence-electron chi connectivity index (χ4n) is 8.54. The highest BCUT2D eigenvalue weighted by atomic mass is 16.5. The van der Waals surface area contributed by atoms with E-state index in [1.165, 1.54) is 0 Å². The SMILES string of the molecule is COc1cc(C(C)(C)CCCC(=O)OC2CC(C)(C)NC(C)(C)C2)c(O)cc1C(C)(C)CCCC(=O)OC1CC(C)(C)NC(C)(C)C1. The van der Waals surface area contributed by atoms with Gasteiger partial charge in [-0.3, -0.25) is 9.59 Å². The van der Waals surface area contributed by atoms with Gasteiger partial charge in [-0.25, -0.2) is 0 Å². The van der Waals surface area contributed by atoms with Crippen LogP contribution in [-0.2, 0) is 29.9 Å². The lowest BCUT2D eigenvalue weighted by Gasteiger charge is -2.46. The molecule has 1 aromatic carbocycles. The van der Waals surface area contributed by atoms with Crippen molar-refractivity contribution in [2.24, 2.45) is 0 Å². The number of aromatic hydroxyl groups is 1. The van der Waals surface area contributed by atoms with Crippen LogP contribution in [0.15, 0.2) is 12.1 Å². The molecule has 0 spiro atoms. The highest BCUT2D eigenvalue weighted by molar-refractivity contribution is 5.70. The maximum Gasteiger partial charge on any atom is 0.306 e. The van der Waals surface area contributed by atoms with Gasteiger partial charge in [0.25, 0.3) is 0 Å². The van der Waals surface area contributed by atoms with Crippen molar-refractivity contribution in [2.75, 3.05) is 7.11 Å². The van der Waals surface area contributed by atoms with Crippen molar-refractivity contribution in [1.82, 2.24) is 10.6 Å². The fourth-order valence-corrected chi connectivity index (χ4v) is 8.54. The molecule has 2 aliphatic rings. The molecule has 268 valence electrons. The second-order valence-electron chi connectivity index (χ2n) is 18.4. The van der Waals surface area contributed by atoms with E-state index >= 15 is 0 Å². The number of carbonyl (C=O) groups excluding carboxylic acids is 2. The third-order valence-corrected chi connectivity index (χ3v) is 10.0. The quantitative estimate of drug-likeness (QED) is 0.183. The summed E-state index contributed by atoms with van der Waals surface area (Å²) in [7, 11) is 1.65. The number of hydrogen-bond donors (Lipinski definition) is 3. The molecule has 0 aliphatic carbocycles. The number of hydrogen-bond acceptors (Lipinski definition) is 8. The summed E-state index contributed by atoms with van der Waals surface area (Å²) in [5.74, 6) is 0.619. The third kappa shape index (κ3) is 11.4. The van der Waals surface area contributed by atoms with Crippen molar-refractivity contribution >= 4 is 11.9 Å². The summed E-state index contributed by atoms with van der Waals surface area (Å²) in [5, 5.41) is 18.5. The van der Waals surface area contributed by atoms with Crippen LogP contribution in [0.25, 0.3) is 0 Å². The van der Waals surface area contributed by atoms with E-state index in [1.54, 1.807) is 7.11 Å². The highest BCUT2D eigenvalue weighted by Gasteiger charge is 2.41. The van der Waals surface area contributed by atoms with E-state index < -0.39 is 0 Å². The Bertz CT molecular complexity index is 1230. The van der Waals surface area contributed by atoms with E-state index in [1.807, 2.05) is 12.1 Å². The lowest BCUT2D eigenvalue weighted by atomic mass is 9.75. The Kier molecular flexibility index (Phi) is 11.9. The topological polar surface area (TPSA) is 106 Å². The average Bonchev–Trinajstić information content (AvgIpc) is 2.84. The van der Waals surface area contributed by atoms with Gasteiger partial charge in [-0.2, -0.15) is 0 Å². The van der Waals surface area contributed by atoms with E-state index in [0.717, 1.165) is 43.2 Å². The monoisotopic (exact) mass is 658 g/mol. The molecule has 8 heteroatoms. The number of benzene rings is 1. The normalized spacial score (nSPS) is 21.2. The lowest BCUT2D eigenvalue weighted by molar-refractivity contribution is -0.154. The van der Waals surface area contributed by atoms with Crippen LogP contribution in [0.4, 0.5) is 0 Å².